The van der Waals surface area contributed by atoms with Gasteiger partial charge < -0.3 is 5.32 Å². The van der Waals surface area contributed by atoms with Crippen LogP contribution in [0.5, 0.6) is 0 Å². The molecular formula is C15H24N+. The summed E-state index contributed by atoms with van der Waals surface area (Å²) in [6.07, 6.45) is 1.22. The summed E-state index contributed by atoms with van der Waals surface area (Å²) in [5.41, 5.74) is 3.64. The van der Waals surface area contributed by atoms with Gasteiger partial charge in [0.2, 0.25) is 0 Å². The smallest absolute Gasteiger partial charge is 0.109 e. The van der Waals surface area contributed by atoms with Crippen LogP contribution in [0.15, 0.2) is 24.3 Å². The summed E-state index contributed by atoms with van der Waals surface area (Å²) in [6.45, 7) is 11.8. The predicted octanol–water partition coefficient (Wildman–Crippen LogP) is 2.77. The third-order valence-corrected chi connectivity index (χ3v) is 3.78. The molecule has 88 valence electrons. The van der Waals surface area contributed by atoms with Crippen molar-refractivity contribution in [3.05, 3.63) is 35.4 Å². The van der Waals surface area contributed by atoms with Crippen LogP contribution in [0.2, 0.25) is 0 Å². The van der Waals surface area contributed by atoms with E-state index in [9.17, 15) is 0 Å². The van der Waals surface area contributed by atoms with Crippen LogP contribution in [0.3, 0.4) is 0 Å². The predicted molar refractivity (Wildman–Crippen MR) is 68.5 cm³/mol. The molecule has 0 aliphatic carbocycles. The lowest BCUT2D eigenvalue weighted by Gasteiger charge is -2.30. The van der Waals surface area contributed by atoms with Crippen molar-refractivity contribution in [2.75, 3.05) is 0 Å². The van der Waals surface area contributed by atoms with Crippen molar-refractivity contribution < 1.29 is 5.32 Å². The Labute approximate surface area is 99.3 Å². The van der Waals surface area contributed by atoms with Gasteiger partial charge in [0.05, 0.1) is 5.54 Å². The molecule has 1 aromatic carbocycles. The molecule has 1 nitrogen and oxygen atoms in total. The Morgan fingerprint density at radius 1 is 1.12 bits per heavy atom. The number of benzene rings is 1. The Morgan fingerprint density at radius 2 is 1.75 bits per heavy atom. The average molecular weight is 218 g/mol. The molecule has 1 heteroatoms. The van der Waals surface area contributed by atoms with E-state index in [2.05, 4.69) is 64.2 Å². The lowest BCUT2D eigenvalue weighted by atomic mass is 9.75. The van der Waals surface area contributed by atoms with Gasteiger partial charge in [-0.15, -0.1) is 0 Å². The molecule has 0 saturated heterocycles. The molecule has 0 radical (unpaired) electrons. The van der Waals surface area contributed by atoms with E-state index in [0.717, 1.165) is 0 Å². The van der Waals surface area contributed by atoms with Crippen molar-refractivity contribution in [3.63, 3.8) is 0 Å². The zero-order chi connectivity index (χ0) is 12.0. The van der Waals surface area contributed by atoms with E-state index in [-0.39, 0.29) is 5.41 Å². The summed E-state index contributed by atoms with van der Waals surface area (Å²) in [4.78, 5) is 0. The van der Waals surface area contributed by atoms with Gasteiger partial charge in [0.25, 0.3) is 0 Å². The molecule has 1 aromatic rings. The fourth-order valence-corrected chi connectivity index (χ4v) is 3.57. The summed E-state index contributed by atoms with van der Waals surface area (Å²) in [7, 11) is 0. The summed E-state index contributed by atoms with van der Waals surface area (Å²) in [5, 5.41) is 2.51. The average Bonchev–Trinajstić information content (AvgIpc) is 2.20. The molecule has 0 amide bonds. The van der Waals surface area contributed by atoms with Gasteiger partial charge in [0.1, 0.15) is 6.04 Å². The molecular weight excluding hydrogens is 194 g/mol. The fourth-order valence-electron chi connectivity index (χ4n) is 3.57. The molecule has 1 atom stereocenters. The third kappa shape index (κ3) is 2.01. The van der Waals surface area contributed by atoms with Crippen LogP contribution in [-0.4, -0.2) is 5.54 Å². The highest BCUT2D eigenvalue weighted by atomic mass is 15.0. The van der Waals surface area contributed by atoms with Crippen LogP contribution in [0.25, 0.3) is 0 Å². The Kier molecular flexibility index (Phi) is 2.62. The first-order valence-corrected chi connectivity index (χ1v) is 6.27. The van der Waals surface area contributed by atoms with E-state index in [4.69, 9.17) is 0 Å². The fraction of sp³-hybridized carbons (Fsp3) is 0.600. The monoisotopic (exact) mass is 218 g/mol. The Morgan fingerprint density at radius 3 is 2.44 bits per heavy atom. The molecule has 1 aliphatic heterocycles. The number of quaternary nitrogens is 1. The lowest BCUT2D eigenvalue weighted by Crippen LogP contribution is -2.95. The van der Waals surface area contributed by atoms with E-state index in [1.807, 2.05) is 0 Å². The largest absolute Gasteiger partial charge is 0.336 e. The van der Waals surface area contributed by atoms with Crippen molar-refractivity contribution in [1.29, 1.82) is 0 Å². The normalized spacial score (nSPS) is 26.9. The summed E-state index contributed by atoms with van der Waals surface area (Å²) < 4.78 is 0. The van der Waals surface area contributed by atoms with Crippen LogP contribution in [0.1, 0.15) is 58.2 Å². The van der Waals surface area contributed by atoms with E-state index in [1.165, 1.54) is 17.5 Å². The molecule has 1 heterocycles. The highest BCUT2D eigenvalue weighted by molar-refractivity contribution is 5.35. The molecule has 0 fully saturated rings. The number of hydrogen-bond donors (Lipinski definition) is 1. The number of rotatable bonds is 0. The second-order valence-corrected chi connectivity index (χ2v) is 6.59. The van der Waals surface area contributed by atoms with Gasteiger partial charge >= 0.3 is 0 Å². The minimum Gasteiger partial charge on any atom is -0.336 e. The molecule has 0 aromatic heterocycles. The van der Waals surface area contributed by atoms with Crippen molar-refractivity contribution in [2.24, 2.45) is 0 Å². The molecule has 16 heavy (non-hydrogen) atoms. The highest BCUT2D eigenvalue weighted by Gasteiger charge is 2.39. The second-order valence-electron chi connectivity index (χ2n) is 6.59. The lowest BCUT2D eigenvalue weighted by molar-refractivity contribution is -0.754. The minimum absolute atomic E-state index is 0.279. The Bertz CT molecular complexity index is 390. The first-order chi connectivity index (χ1) is 7.32. The molecule has 2 rings (SSSR count). The molecule has 0 bridgehead atoms. The van der Waals surface area contributed by atoms with Gasteiger partial charge in [0.15, 0.2) is 0 Å². The van der Waals surface area contributed by atoms with Crippen LogP contribution in [0.4, 0.5) is 0 Å². The van der Waals surface area contributed by atoms with Gasteiger partial charge in [-0.05, 0) is 31.7 Å². The molecule has 0 saturated carbocycles. The van der Waals surface area contributed by atoms with E-state index in [1.54, 1.807) is 0 Å². The highest BCUT2D eigenvalue weighted by Crippen LogP contribution is 2.37. The zero-order valence-electron chi connectivity index (χ0n) is 11.2. The van der Waals surface area contributed by atoms with E-state index in [0.29, 0.717) is 11.6 Å². The first-order valence-electron chi connectivity index (χ1n) is 6.27. The van der Waals surface area contributed by atoms with Crippen LogP contribution < -0.4 is 5.32 Å². The number of fused-ring (bicyclic) bond motifs is 1. The third-order valence-electron chi connectivity index (χ3n) is 3.78. The first kappa shape index (κ1) is 11.7. The SMILES string of the molecule is C[C@H]1[NH2+]C(C)(C)CC(C)(C)c2ccccc21. The van der Waals surface area contributed by atoms with Crippen LogP contribution in [-0.2, 0) is 5.41 Å². The topological polar surface area (TPSA) is 16.6 Å². The molecule has 0 unspecified atom stereocenters. The van der Waals surface area contributed by atoms with E-state index >= 15 is 0 Å². The quantitative estimate of drug-likeness (QED) is 0.689. The number of nitrogens with two attached hydrogens (primary N) is 1. The number of hydrogen-bond acceptors (Lipinski definition) is 0. The second kappa shape index (κ2) is 3.59. The molecule has 1 aliphatic rings. The maximum absolute atomic E-state index is 2.51. The van der Waals surface area contributed by atoms with E-state index < -0.39 is 0 Å². The zero-order valence-corrected chi connectivity index (χ0v) is 11.2. The summed E-state index contributed by atoms with van der Waals surface area (Å²) in [5.74, 6) is 0. The van der Waals surface area contributed by atoms with Gasteiger partial charge in [-0.2, -0.15) is 0 Å². The maximum Gasteiger partial charge on any atom is 0.109 e. The van der Waals surface area contributed by atoms with Gasteiger partial charge in [0, 0.05) is 12.0 Å². The molecule has 2 N–H and O–H groups in total. The minimum atomic E-state index is 0.279. The van der Waals surface area contributed by atoms with Crippen LogP contribution in [0, 0.1) is 0 Å². The van der Waals surface area contributed by atoms with Crippen molar-refractivity contribution in [3.8, 4) is 0 Å². The maximum atomic E-state index is 2.51. The molecule has 0 spiro atoms. The van der Waals surface area contributed by atoms with Crippen molar-refractivity contribution in [1.82, 2.24) is 0 Å². The standard InChI is InChI=1S/C15H23N/c1-11-12-8-6-7-9-13(12)14(2,3)10-15(4,5)16-11/h6-9,11,16H,10H2,1-5H3/p+1/t11-/m1/s1. The Balaban J connectivity index is 2.55. The van der Waals surface area contributed by atoms with Crippen molar-refractivity contribution in [2.45, 2.75) is 58.0 Å². The summed E-state index contributed by atoms with van der Waals surface area (Å²) >= 11 is 0. The van der Waals surface area contributed by atoms with Crippen LogP contribution >= 0.6 is 0 Å². The Hall–Kier alpha value is -0.820. The van der Waals surface area contributed by atoms with Crippen molar-refractivity contribution >= 4 is 0 Å². The van der Waals surface area contributed by atoms with Gasteiger partial charge in [-0.1, -0.05) is 38.1 Å². The van der Waals surface area contributed by atoms with Gasteiger partial charge in [-0.25, -0.2) is 0 Å². The van der Waals surface area contributed by atoms with Gasteiger partial charge in [-0.3, -0.25) is 0 Å². The summed E-state index contributed by atoms with van der Waals surface area (Å²) in [6, 6.07) is 9.50.